The first-order chi connectivity index (χ1) is 19.0. The van der Waals surface area contributed by atoms with Crippen molar-refractivity contribution in [1.29, 1.82) is 0 Å². The van der Waals surface area contributed by atoms with Crippen LogP contribution in [0, 0.1) is 11.7 Å². The van der Waals surface area contributed by atoms with Gasteiger partial charge in [0.15, 0.2) is 0 Å². The summed E-state index contributed by atoms with van der Waals surface area (Å²) in [5, 5.41) is 14.2. The van der Waals surface area contributed by atoms with Gasteiger partial charge in [-0.3, -0.25) is 9.52 Å². The number of hydrogen-bond donors (Lipinski definition) is 3. The topological polar surface area (TPSA) is 128 Å². The molecule has 0 saturated carbocycles. The Morgan fingerprint density at radius 3 is 2.58 bits per heavy atom. The number of rotatable bonds is 8. The molecule has 3 aromatic rings. The van der Waals surface area contributed by atoms with Gasteiger partial charge in [-0.1, -0.05) is 13.0 Å². The van der Waals surface area contributed by atoms with Crippen molar-refractivity contribution >= 4 is 44.7 Å². The lowest BCUT2D eigenvalue weighted by atomic mass is 9.99. The van der Waals surface area contributed by atoms with Crippen molar-refractivity contribution in [3.63, 3.8) is 0 Å². The molecule has 3 amide bonds. The van der Waals surface area contributed by atoms with Gasteiger partial charge in [-0.25, -0.2) is 17.6 Å². The van der Waals surface area contributed by atoms with E-state index in [0.29, 0.717) is 5.69 Å². The first-order valence-corrected chi connectivity index (χ1v) is 14.9. The zero-order chi connectivity index (χ0) is 29.0. The van der Waals surface area contributed by atoms with Crippen LogP contribution >= 0.6 is 11.3 Å². The van der Waals surface area contributed by atoms with Gasteiger partial charge in [0.1, 0.15) is 21.9 Å². The second-order valence-electron chi connectivity index (χ2n) is 9.69. The van der Waals surface area contributed by atoms with E-state index < -0.39 is 39.9 Å². The van der Waals surface area contributed by atoms with E-state index in [9.17, 15) is 27.5 Å². The molecular formula is C27H31FN4O6S2. The monoisotopic (exact) mass is 590 g/mol. The minimum atomic E-state index is -3.85. The van der Waals surface area contributed by atoms with E-state index in [1.54, 1.807) is 25.4 Å². The summed E-state index contributed by atoms with van der Waals surface area (Å²) in [7, 11) is -2.25. The SMILES string of the molecule is C[C@@H]1CN([C@H](C)CO)C(=O)c2cc(NS(=O)(=O)c3cccs3)ccc2O[C@H]1CN(C)C(=O)Nc1ccc(F)cc1. The number of anilines is 2. The maximum Gasteiger partial charge on any atom is 0.321 e. The van der Waals surface area contributed by atoms with E-state index in [1.165, 1.54) is 58.3 Å². The number of nitrogens with one attached hydrogen (secondary N) is 2. The minimum Gasteiger partial charge on any atom is -0.487 e. The van der Waals surface area contributed by atoms with Crippen molar-refractivity contribution in [3.8, 4) is 5.75 Å². The number of amides is 3. The molecule has 0 saturated heterocycles. The van der Waals surface area contributed by atoms with E-state index in [2.05, 4.69) is 10.0 Å². The van der Waals surface area contributed by atoms with Crippen LogP contribution in [0.3, 0.4) is 0 Å². The standard InChI is InChI=1S/C27H31FN4O6S2/c1-17-14-32(18(2)16-33)26(34)22-13-21(30-40(36,37)25-5-4-12-39-25)10-11-23(22)38-24(17)15-31(3)27(35)29-20-8-6-19(28)7-9-20/h4-13,17-18,24,30,33H,14-16H2,1-3H3,(H,29,35)/t17-,18-,24+/m1/s1. The molecule has 214 valence electrons. The van der Waals surface area contributed by atoms with Crippen LogP contribution in [0.1, 0.15) is 24.2 Å². The van der Waals surface area contributed by atoms with Crippen molar-refractivity contribution in [1.82, 2.24) is 9.80 Å². The number of aliphatic hydroxyl groups is 1. The third-order valence-electron chi connectivity index (χ3n) is 6.57. The second kappa shape index (κ2) is 12.2. The van der Waals surface area contributed by atoms with E-state index >= 15 is 0 Å². The molecule has 0 radical (unpaired) electrons. The Kier molecular flexibility index (Phi) is 8.96. The Morgan fingerprint density at radius 1 is 1.23 bits per heavy atom. The fourth-order valence-electron chi connectivity index (χ4n) is 4.23. The van der Waals surface area contributed by atoms with E-state index in [4.69, 9.17) is 4.74 Å². The van der Waals surface area contributed by atoms with Gasteiger partial charge in [0.05, 0.1) is 24.8 Å². The smallest absolute Gasteiger partial charge is 0.321 e. The molecule has 0 unspecified atom stereocenters. The molecule has 3 atom stereocenters. The average molecular weight is 591 g/mol. The summed E-state index contributed by atoms with van der Waals surface area (Å²) in [6.07, 6.45) is -0.558. The van der Waals surface area contributed by atoms with Crippen LogP contribution in [0.15, 0.2) is 64.2 Å². The fourth-order valence-corrected chi connectivity index (χ4v) is 6.27. The van der Waals surface area contributed by atoms with Gasteiger partial charge in [-0.2, -0.15) is 0 Å². The van der Waals surface area contributed by atoms with Gasteiger partial charge in [0.2, 0.25) is 0 Å². The number of sulfonamides is 1. The molecule has 1 aromatic heterocycles. The van der Waals surface area contributed by atoms with Crippen LogP contribution < -0.4 is 14.8 Å². The molecular weight excluding hydrogens is 559 g/mol. The molecule has 3 N–H and O–H groups in total. The summed E-state index contributed by atoms with van der Waals surface area (Å²) >= 11 is 1.07. The molecule has 2 aromatic carbocycles. The first kappa shape index (κ1) is 29.3. The highest BCUT2D eigenvalue weighted by atomic mass is 32.2. The number of hydrogen-bond acceptors (Lipinski definition) is 7. The summed E-state index contributed by atoms with van der Waals surface area (Å²) < 4.78 is 47.6. The van der Waals surface area contributed by atoms with Crippen LogP contribution in [-0.2, 0) is 10.0 Å². The Bertz CT molecular complexity index is 1450. The van der Waals surface area contributed by atoms with Crippen LogP contribution in [0.2, 0.25) is 0 Å². The molecule has 0 bridgehead atoms. The van der Waals surface area contributed by atoms with Crippen molar-refractivity contribution in [2.45, 2.75) is 30.2 Å². The van der Waals surface area contributed by atoms with Crippen LogP contribution in [0.5, 0.6) is 5.75 Å². The Hall–Kier alpha value is -3.68. The van der Waals surface area contributed by atoms with Gasteiger partial charge >= 0.3 is 6.03 Å². The molecule has 0 aliphatic carbocycles. The number of carbonyl (C=O) groups is 2. The van der Waals surface area contributed by atoms with Crippen molar-refractivity contribution in [3.05, 3.63) is 71.4 Å². The van der Waals surface area contributed by atoms with Gasteiger partial charge in [-0.15, -0.1) is 11.3 Å². The van der Waals surface area contributed by atoms with Crippen molar-refractivity contribution in [2.75, 3.05) is 36.8 Å². The summed E-state index contributed by atoms with van der Waals surface area (Å²) in [6, 6.07) is 12.0. The highest BCUT2D eigenvalue weighted by Gasteiger charge is 2.34. The molecule has 2 heterocycles. The van der Waals surface area contributed by atoms with Crippen molar-refractivity contribution in [2.24, 2.45) is 5.92 Å². The Balaban J connectivity index is 1.60. The van der Waals surface area contributed by atoms with E-state index in [1.807, 2.05) is 6.92 Å². The van der Waals surface area contributed by atoms with Crippen LogP contribution in [0.4, 0.5) is 20.6 Å². The number of aliphatic hydroxyl groups excluding tert-OH is 1. The molecule has 4 rings (SSSR count). The molecule has 0 spiro atoms. The second-order valence-corrected chi connectivity index (χ2v) is 12.5. The lowest BCUT2D eigenvalue weighted by Crippen LogP contribution is -2.50. The maximum atomic E-state index is 13.6. The predicted molar refractivity (Wildman–Crippen MR) is 151 cm³/mol. The van der Waals surface area contributed by atoms with Gasteiger partial charge in [0.25, 0.3) is 15.9 Å². The summed E-state index contributed by atoms with van der Waals surface area (Å²) in [6.45, 7) is 3.70. The van der Waals surface area contributed by atoms with Crippen LogP contribution in [-0.4, -0.2) is 74.2 Å². The quantitative estimate of drug-likeness (QED) is 0.363. The normalized spacial score (nSPS) is 18.1. The lowest BCUT2D eigenvalue weighted by Gasteiger charge is -2.38. The molecule has 0 fully saturated rings. The molecule has 10 nitrogen and oxygen atoms in total. The largest absolute Gasteiger partial charge is 0.487 e. The number of fused-ring (bicyclic) bond motifs is 1. The van der Waals surface area contributed by atoms with Gasteiger partial charge in [0, 0.05) is 30.9 Å². The van der Waals surface area contributed by atoms with Crippen LogP contribution in [0.25, 0.3) is 0 Å². The number of likely N-dealkylation sites (N-methyl/N-ethyl adjacent to an activating group) is 1. The Morgan fingerprint density at radius 2 is 1.93 bits per heavy atom. The fraction of sp³-hybridized carbons (Fsp3) is 0.333. The Labute approximate surface area is 236 Å². The number of halogens is 1. The average Bonchev–Trinajstić information content (AvgIpc) is 3.48. The number of benzene rings is 2. The molecule has 13 heteroatoms. The summed E-state index contributed by atoms with van der Waals surface area (Å²) in [5.74, 6) is -0.853. The number of ether oxygens (including phenoxy) is 1. The highest BCUT2D eigenvalue weighted by Crippen LogP contribution is 2.32. The lowest BCUT2D eigenvalue weighted by molar-refractivity contribution is 0.0371. The molecule has 40 heavy (non-hydrogen) atoms. The van der Waals surface area contributed by atoms with Crippen molar-refractivity contribution < 1.29 is 32.2 Å². The number of nitrogens with zero attached hydrogens (tertiary/aromatic N) is 2. The number of thiophene rings is 1. The number of urea groups is 1. The predicted octanol–water partition coefficient (Wildman–Crippen LogP) is 4.07. The highest BCUT2D eigenvalue weighted by molar-refractivity contribution is 7.94. The molecule has 1 aliphatic rings. The molecule has 1 aliphatic heterocycles. The third-order valence-corrected chi connectivity index (χ3v) is 9.35. The van der Waals surface area contributed by atoms with E-state index in [-0.39, 0.29) is 46.8 Å². The first-order valence-electron chi connectivity index (χ1n) is 12.5. The zero-order valence-electron chi connectivity index (χ0n) is 22.2. The van der Waals surface area contributed by atoms with Gasteiger partial charge in [-0.05, 0) is 60.8 Å². The summed E-state index contributed by atoms with van der Waals surface area (Å²) in [5.41, 5.74) is 0.741. The van der Waals surface area contributed by atoms with Gasteiger partial charge < -0.3 is 25.0 Å². The maximum absolute atomic E-state index is 13.6. The zero-order valence-corrected chi connectivity index (χ0v) is 23.8. The number of carbonyl (C=O) groups excluding carboxylic acids is 2. The van der Waals surface area contributed by atoms with E-state index in [0.717, 1.165) is 11.3 Å². The summed E-state index contributed by atoms with van der Waals surface area (Å²) in [4.78, 5) is 29.4. The third kappa shape index (κ3) is 6.72. The minimum absolute atomic E-state index is 0.127.